The number of hydrogen-bond donors (Lipinski definition) is 0. The zero-order valence-corrected chi connectivity index (χ0v) is 11.6. The Labute approximate surface area is 102 Å². The first-order valence-corrected chi connectivity index (χ1v) is 7.84. The van der Waals surface area contributed by atoms with E-state index in [1.54, 1.807) is 6.08 Å². The van der Waals surface area contributed by atoms with E-state index in [-0.39, 0.29) is 26.6 Å². The van der Waals surface area contributed by atoms with Crippen LogP contribution in [0.15, 0.2) is 33.2 Å². The first-order chi connectivity index (χ1) is 7.17. The fourth-order valence-electron chi connectivity index (χ4n) is 1.70. The van der Waals surface area contributed by atoms with Gasteiger partial charge in [0.15, 0.2) is 0 Å². The van der Waals surface area contributed by atoms with Crippen LogP contribution in [0.1, 0.15) is 33.1 Å². The van der Waals surface area contributed by atoms with Gasteiger partial charge in [-0.25, -0.2) is 4.39 Å². The second-order valence-electron chi connectivity index (χ2n) is 3.87. The molecule has 0 saturated heterocycles. The van der Waals surface area contributed by atoms with Gasteiger partial charge < -0.3 is 0 Å². The lowest BCUT2D eigenvalue weighted by molar-refractivity contribution is 0.518. The summed E-state index contributed by atoms with van der Waals surface area (Å²) in [5.74, 6) is 0.543. The van der Waals surface area contributed by atoms with Crippen LogP contribution in [0.2, 0.25) is 0 Å². The lowest BCUT2D eigenvalue weighted by atomic mass is 9.95. The lowest BCUT2D eigenvalue weighted by Crippen LogP contribution is -2.00. The summed E-state index contributed by atoms with van der Waals surface area (Å²) in [5, 5.41) is 0. The predicted molar refractivity (Wildman–Crippen MR) is 75.2 cm³/mol. The molecule has 1 unspecified atom stereocenters. The monoisotopic (exact) mass is 320 g/mol. The Morgan fingerprint density at radius 2 is 2.40 bits per heavy atom. The summed E-state index contributed by atoms with van der Waals surface area (Å²) in [5.41, 5.74) is 1.39. The highest BCUT2D eigenvalue weighted by molar-refractivity contribution is 14.2. The van der Waals surface area contributed by atoms with E-state index in [1.165, 1.54) is 9.15 Å². The summed E-state index contributed by atoms with van der Waals surface area (Å²) in [7, 11) is 0. The van der Waals surface area contributed by atoms with Crippen molar-refractivity contribution in [1.82, 2.24) is 0 Å². The normalized spacial score (nSPS) is 23.1. The fourth-order valence-corrected chi connectivity index (χ4v) is 3.29. The molecule has 84 valence electrons. The topological polar surface area (TPSA) is 0 Å². The Hall–Kier alpha value is -0.250. The molecule has 0 spiro atoms. The van der Waals surface area contributed by atoms with Gasteiger partial charge in [-0.1, -0.05) is 43.0 Å². The molecule has 1 aliphatic rings. The van der Waals surface area contributed by atoms with E-state index >= 15 is 0 Å². The van der Waals surface area contributed by atoms with Gasteiger partial charge in [-0.15, -0.1) is 0 Å². The van der Waals surface area contributed by atoms with Gasteiger partial charge in [0, 0.05) is 0 Å². The number of halogens is 2. The van der Waals surface area contributed by atoms with Crippen molar-refractivity contribution in [3.8, 4) is 0 Å². The van der Waals surface area contributed by atoms with E-state index in [0.29, 0.717) is 12.3 Å². The minimum atomic E-state index is -0.156. The van der Waals surface area contributed by atoms with Gasteiger partial charge in [0.1, 0.15) is 0 Å². The van der Waals surface area contributed by atoms with Crippen molar-refractivity contribution in [1.29, 1.82) is 0 Å². The van der Waals surface area contributed by atoms with Gasteiger partial charge in [-0.05, 0) is 48.7 Å². The third-order valence-corrected chi connectivity index (χ3v) is 4.88. The van der Waals surface area contributed by atoms with Crippen molar-refractivity contribution in [2.45, 2.75) is 33.1 Å². The summed E-state index contributed by atoms with van der Waals surface area (Å²) >= 11 is -0.156. The molecule has 15 heavy (non-hydrogen) atoms. The molecule has 0 radical (unpaired) electrons. The summed E-state index contributed by atoms with van der Waals surface area (Å²) in [4.78, 5) is 0. The molecule has 1 atom stereocenters. The predicted octanol–water partition coefficient (Wildman–Crippen LogP) is 4.89. The Morgan fingerprint density at radius 1 is 1.67 bits per heavy atom. The molecule has 0 amide bonds. The highest BCUT2D eigenvalue weighted by atomic mass is 127. The number of hydrogen-bond acceptors (Lipinski definition) is 0. The maximum Gasteiger partial charge on any atom is 0.1000 e. The van der Waals surface area contributed by atoms with Crippen LogP contribution in [0, 0.1) is 5.92 Å². The van der Waals surface area contributed by atoms with Crippen LogP contribution in [-0.2, 0) is 0 Å². The van der Waals surface area contributed by atoms with E-state index in [1.807, 2.05) is 6.08 Å². The second-order valence-corrected chi connectivity index (χ2v) is 5.88. The Kier molecular flexibility index (Phi) is 5.43. The molecule has 0 fully saturated rings. The van der Waals surface area contributed by atoms with Crippen LogP contribution in [0.3, 0.4) is 0 Å². The quantitative estimate of drug-likeness (QED) is 0.513. The third-order valence-electron chi connectivity index (χ3n) is 2.76. The van der Waals surface area contributed by atoms with Crippen LogP contribution < -0.4 is 0 Å². The fraction of sp³-hybridized carbons (Fsp3) is 0.462. The average molecular weight is 320 g/mol. The van der Waals surface area contributed by atoms with E-state index in [0.717, 1.165) is 12.8 Å². The summed E-state index contributed by atoms with van der Waals surface area (Å²) in [6.45, 7) is 4.21. The highest BCUT2D eigenvalue weighted by Gasteiger charge is 2.16. The smallest absolute Gasteiger partial charge is 0.1000 e. The van der Waals surface area contributed by atoms with Gasteiger partial charge in [0.05, 0.1) is 5.83 Å². The van der Waals surface area contributed by atoms with Crippen LogP contribution in [-0.4, -0.2) is 4.51 Å². The van der Waals surface area contributed by atoms with E-state index in [2.05, 4.69) is 24.4 Å². The minimum Gasteiger partial charge on any atom is -0.212 e. The molecule has 0 aromatic rings. The van der Waals surface area contributed by atoms with Crippen molar-refractivity contribution in [2.24, 2.45) is 5.92 Å². The van der Waals surface area contributed by atoms with Crippen molar-refractivity contribution in [3.63, 3.8) is 0 Å². The van der Waals surface area contributed by atoms with Gasteiger partial charge in [0.25, 0.3) is 0 Å². The zero-order valence-electron chi connectivity index (χ0n) is 9.39. The van der Waals surface area contributed by atoms with Gasteiger partial charge >= 0.3 is 0 Å². The third kappa shape index (κ3) is 4.01. The first kappa shape index (κ1) is 12.8. The standard InChI is InChI=1S/C13H18FI/c1-4-10(2)9-11-5-6-12(14)7-8-13(11)15-3/h4,7-8,11H,3,5-6,9H2,1-2H3/b10-4+. The van der Waals surface area contributed by atoms with Crippen molar-refractivity contribution in [3.05, 3.63) is 33.2 Å². The zero-order chi connectivity index (χ0) is 11.3. The number of allylic oxidation sites excluding steroid dienone is 6. The molecule has 0 heterocycles. The van der Waals surface area contributed by atoms with Crippen molar-refractivity contribution >= 4 is 25.2 Å². The van der Waals surface area contributed by atoms with Crippen molar-refractivity contribution in [2.75, 3.05) is 0 Å². The molecule has 0 N–H and O–H groups in total. The lowest BCUT2D eigenvalue weighted by Gasteiger charge is -2.16. The second kappa shape index (κ2) is 6.36. The maximum absolute atomic E-state index is 13.1. The van der Waals surface area contributed by atoms with Crippen LogP contribution >= 0.6 is 20.7 Å². The van der Waals surface area contributed by atoms with Gasteiger partial charge in [-0.3, -0.25) is 0 Å². The minimum absolute atomic E-state index is 0.0191. The van der Waals surface area contributed by atoms with E-state index < -0.39 is 0 Å². The molecule has 0 aliphatic heterocycles. The largest absolute Gasteiger partial charge is 0.212 e. The Balaban J connectivity index is 2.77. The van der Waals surface area contributed by atoms with E-state index in [9.17, 15) is 4.39 Å². The Bertz CT molecular complexity index is 323. The van der Waals surface area contributed by atoms with Crippen LogP contribution in [0.4, 0.5) is 4.39 Å². The SMILES string of the molecule is C=IC1=CC=C(F)CCC1C/C(C)=C/C. The molecule has 0 aromatic carbocycles. The first-order valence-electron chi connectivity index (χ1n) is 5.23. The number of rotatable bonds is 3. The summed E-state index contributed by atoms with van der Waals surface area (Å²) in [6, 6.07) is 0. The molecule has 0 bridgehead atoms. The van der Waals surface area contributed by atoms with E-state index in [4.69, 9.17) is 0 Å². The van der Waals surface area contributed by atoms with Crippen LogP contribution in [0.25, 0.3) is 0 Å². The molecular weight excluding hydrogens is 302 g/mol. The Morgan fingerprint density at radius 3 is 3.00 bits per heavy atom. The van der Waals surface area contributed by atoms with Crippen LogP contribution in [0.5, 0.6) is 0 Å². The molecule has 2 heteroatoms. The summed E-state index contributed by atoms with van der Waals surface area (Å²) < 4.78 is 18.6. The molecule has 1 aliphatic carbocycles. The molecule has 0 nitrogen and oxygen atoms in total. The molecule has 0 saturated carbocycles. The average Bonchev–Trinajstić information content (AvgIpc) is 2.41. The maximum atomic E-state index is 13.1. The van der Waals surface area contributed by atoms with Gasteiger partial charge in [-0.2, -0.15) is 0 Å². The molecule has 0 aromatic heterocycles. The van der Waals surface area contributed by atoms with Gasteiger partial charge in [0.2, 0.25) is 0 Å². The molecule has 1 rings (SSSR count). The summed E-state index contributed by atoms with van der Waals surface area (Å²) in [6.07, 6.45) is 8.34. The molecular formula is C13H18FI. The van der Waals surface area contributed by atoms with Crippen molar-refractivity contribution < 1.29 is 4.39 Å². The highest BCUT2D eigenvalue weighted by Crippen LogP contribution is 2.35.